The first kappa shape index (κ1) is 15.5. The number of hydrogen-bond donors (Lipinski definition) is 0. The summed E-state index contributed by atoms with van der Waals surface area (Å²) < 4.78 is 10.4. The van der Waals surface area contributed by atoms with E-state index in [0.717, 1.165) is 17.0 Å². The molecule has 1 aromatic heterocycles. The minimum atomic E-state index is 0.398. The summed E-state index contributed by atoms with van der Waals surface area (Å²) in [5, 5.41) is 13.4. The van der Waals surface area contributed by atoms with Gasteiger partial charge in [0.15, 0.2) is 5.76 Å². The summed E-state index contributed by atoms with van der Waals surface area (Å²) in [6.07, 6.45) is 2.10. The molecule has 0 aliphatic heterocycles. The largest absolute Gasteiger partial charge is 0.497 e. The van der Waals surface area contributed by atoms with E-state index in [9.17, 15) is 5.26 Å². The molecule has 0 aliphatic rings. The summed E-state index contributed by atoms with van der Waals surface area (Å²) in [6, 6.07) is 19.1. The maximum absolute atomic E-state index is 9.42. The van der Waals surface area contributed by atoms with E-state index < -0.39 is 0 Å². The molecule has 0 saturated heterocycles. The molecule has 0 radical (unpaired) electrons. The third-order valence-corrected chi connectivity index (χ3v) is 3.51. The number of ether oxygens (including phenoxy) is 1. The Hall–Kier alpha value is -3.39. The van der Waals surface area contributed by atoms with E-state index in [1.807, 2.05) is 54.6 Å². The Balaban J connectivity index is 1.77. The van der Waals surface area contributed by atoms with Crippen LogP contribution < -0.4 is 4.74 Å². The van der Waals surface area contributed by atoms with Gasteiger partial charge in [0.2, 0.25) is 0 Å². The third kappa shape index (κ3) is 3.33. The van der Waals surface area contributed by atoms with Crippen molar-refractivity contribution in [3.05, 3.63) is 65.9 Å². The number of benzene rings is 2. The second-order valence-corrected chi connectivity index (χ2v) is 5.02. The van der Waals surface area contributed by atoms with Crippen LogP contribution in [0.2, 0.25) is 0 Å². The van der Waals surface area contributed by atoms with Crippen LogP contribution in [0.3, 0.4) is 0 Å². The standard InChI is InChI=1S/C19H15N3O2/c1-23-16-9-7-15(8-10-16)21-12-11-18-17(13-20)19(22-24-18)14-5-3-2-4-6-14/h2-10,12H,11H2,1H3. The summed E-state index contributed by atoms with van der Waals surface area (Å²) in [4.78, 5) is 4.36. The Bertz CT molecular complexity index is 875. The Morgan fingerprint density at radius 1 is 1.17 bits per heavy atom. The summed E-state index contributed by atoms with van der Waals surface area (Å²) in [5.41, 5.74) is 2.67. The molecule has 0 saturated carbocycles. The van der Waals surface area contributed by atoms with Gasteiger partial charge in [-0.3, -0.25) is 4.99 Å². The number of aromatic nitrogens is 1. The zero-order chi connectivity index (χ0) is 16.8. The molecule has 5 heteroatoms. The van der Waals surface area contributed by atoms with Gasteiger partial charge in [-0.05, 0) is 24.3 Å². The van der Waals surface area contributed by atoms with Crippen molar-refractivity contribution in [2.75, 3.05) is 7.11 Å². The molecule has 0 amide bonds. The lowest BCUT2D eigenvalue weighted by molar-refractivity contribution is 0.395. The fraction of sp³-hybridized carbons (Fsp3) is 0.105. The van der Waals surface area contributed by atoms with Crippen molar-refractivity contribution in [3.8, 4) is 23.1 Å². The molecule has 0 atom stereocenters. The predicted octanol–water partition coefficient (Wildman–Crippen LogP) is 4.17. The molecule has 0 bridgehead atoms. The molecule has 3 aromatic rings. The first-order valence-corrected chi connectivity index (χ1v) is 7.42. The predicted molar refractivity (Wildman–Crippen MR) is 91.5 cm³/mol. The number of hydrogen-bond acceptors (Lipinski definition) is 5. The number of methoxy groups -OCH3 is 1. The topological polar surface area (TPSA) is 71.4 Å². The zero-order valence-corrected chi connectivity index (χ0v) is 13.1. The summed E-state index contributed by atoms with van der Waals surface area (Å²) in [5.74, 6) is 1.29. The highest BCUT2D eigenvalue weighted by molar-refractivity contribution is 5.71. The van der Waals surface area contributed by atoms with Gasteiger partial charge in [0.1, 0.15) is 23.1 Å². The van der Waals surface area contributed by atoms with Gasteiger partial charge in [0.05, 0.1) is 12.8 Å². The minimum absolute atomic E-state index is 0.398. The van der Waals surface area contributed by atoms with Gasteiger partial charge in [-0.1, -0.05) is 35.5 Å². The van der Waals surface area contributed by atoms with Crippen LogP contribution in [0.1, 0.15) is 11.3 Å². The average Bonchev–Trinajstić information content (AvgIpc) is 3.06. The Kier molecular flexibility index (Phi) is 4.68. The van der Waals surface area contributed by atoms with Gasteiger partial charge >= 0.3 is 0 Å². The maximum atomic E-state index is 9.42. The van der Waals surface area contributed by atoms with Crippen molar-refractivity contribution < 1.29 is 9.26 Å². The molecule has 0 spiro atoms. The van der Waals surface area contributed by atoms with Crippen LogP contribution in [-0.2, 0) is 6.42 Å². The molecule has 118 valence electrons. The molecule has 0 N–H and O–H groups in total. The molecule has 3 rings (SSSR count). The molecular weight excluding hydrogens is 302 g/mol. The Labute approximate surface area is 139 Å². The number of aliphatic imine (C=N–C) groups is 1. The Morgan fingerprint density at radius 2 is 1.92 bits per heavy atom. The average molecular weight is 317 g/mol. The molecule has 0 unspecified atom stereocenters. The van der Waals surface area contributed by atoms with Gasteiger partial charge in [-0.25, -0.2) is 0 Å². The smallest absolute Gasteiger partial charge is 0.160 e. The van der Waals surface area contributed by atoms with Crippen molar-refractivity contribution >= 4 is 11.9 Å². The summed E-state index contributed by atoms with van der Waals surface area (Å²) in [7, 11) is 1.62. The number of nitrogens with zero attached hydrogens (tertiary/aromatic N) is 3. The minimum Gasteiger partial charge on any atom is -0.497 e. The lowest BCUT2D eigenvalue weighted by atomic mass is 10.1. The number of nitriles is 1. The van der Waals surface area contributed by atoms with E-state index in [1.165, 1.54) is 0 Å². The fourth-order valence-electron chi connectivity index (χ4n) is 2.27. The normalized spacial score (nSPS) is 10.7. The first-order chi connectivity index (χ1) is 11.8. The van der Waals surface area contributed by atoms with Crippen LogP contribution in [0.15, 0.2) is 64.1 Å². The van der Waals surface area contributed by atoms with Crippen LogP contribution in [0.25, 0.3) is 11.3 Å². The highest BCUT2D eigenvalue weighted by Gasteiger charge is 2.16. The van der Waals surface area contributed by atoms with Crippen molar-refractivity contribution in [2.24, 2.45) is 4.99 Å². The lowest BCUT2D eigenvalue weighted by Crippen LogP contribution is -1.88. The second-order valence-electron chi connectivity index (χ2n) is 5.02. The third-order valence-electron chi connectivity index (χ3n) is 3.51. The molecule has 2 aromatic carbocycles. The molecular formula is C19H15N3O2. The highest BCUT2D eigenvalue weighted by Crippen LogP contribution is 2.25. The fourth-order valence-corrected chi connectivity index (χ4v) is 2.27. The van der Waals surface area contributed by atoms with Crippen molar-refractivity contribution in [1.29, 1.82) is 5.26 Å². The van der Waals surface area contributed by atoms with Crippen LogP contribution in [0, 0.1) is 11.3 Å². The zero-order valence-electron chi connectivity index (χ0n) is 13.1. The molecule has 1 heterocycles. The number of rotatable bonds is 5. The van der Waals surface area contributed by atoms with Crippen molar-refractivity contribution in [1.82, 2.24) is 5.16 Å². The van der Waals surface area contributed by atoms with E-state index in [1.54, 1.807) is 13.3 Å². The van der Waals surface area contributed by atoms with Crippen LogP contribution in [-0.4, -0.2) is 18.5 Å². The van der Waals surface area contributed by atoms with Crippen molar-refractivity contribution in [3.63, 3.8) is 0 Å². The van der Waals surface area contributed by atoms with E-state index in [2.05, 4.69) is 16.2 Å². The highest BCUT2D eigenvalue weighted by atomic mass is 16.5. The molecule has 24 heavy (non-hydrogen) atoms. The quantitative estimate of drug-likeness (QED) is 0.662. The van der Waals surface area contributed by atoms with E-state index in [0.29, 0.717) is 23.4 Å². The van der Waals surface area contributed by atoms with Crippen LogP contribution in [0.4, 0.5) is 5.69 Å². The summed E-state index contributed by atoms with van der Waals surface area (Å²) >= 11 is 0. The van der Waals surface area contributed by atoms with Gasteiger partial charge in [-0.15, -0.1) is 0 Å². The molecule has 0 aliphatic carbocycles. The lowest BCUT2D eigenvalue weighted by Gasteiger charge is -1.98. The van der Waals surface area contributed by atoms with Crippen molar-refractivity contribution in [2.45, 2.75) is 6.42 Å². The maximum Gasteiger partial charge on any atom is 0.160 e. The van der Waals surface area contributed by atoms with Gasteiger partial charge in [0, 0.05) is 18.2 Å². The van der Waals surface area contributed by atoms with Gasteiger partial charge in [-0.2, -0.15) is 5.26 Å². The van der Waals surface area contributed by atoms with Crippen LogP contribution >= 0.6 is 0 Å². The van der Waals surface area contributed by atoms with Gasteiger partial charge < -0.3 is 9.26 Å². The van der Waals surface area contributed by atoms with Gasteiger partial charge in [0.25, 0.3) is 0 Å². The molecule has 5 nitrogen and oxygen atoms in total. The van der Waals surface area contributed by atoms with E-state index in [4.69, 9.17) is 9.26 Å². The summed E-state index contributed by atoms with van der Waals surface area (Å²) in [6.45, 7) is 0. The van der Waals surface area contributed by atoms with E-state index >= 15 is 0 Å². The Morgan fingerprint density at radius 3 is 2.58 bits per heavy atom. The second kappa shape index (κ2) is 7.25. The molecule has 0 fully saturated rings. The monoisotopic (exact) mass is 317 g/mol. The SMILES string of the molecule is COc1ccc(N=CCc2onc(-c3ccccc3)c2C#N)cc1. The first-order valence-electron chi connectivity index (χ1n) is 7.42. The van der Waals surface area contributed by atoms with Crippen LogP contribution in [0.5, 0.6) is 5.75 Å². The van der Waals surface area contributed by atoms with E-state index in [-0.39, 0.29) is 0 Å².